The quantitative estimate of drug-likeness (QED) is 0.664. The lowest BCUT2D eigenvalue weighted by Crippen LogP contribution is -2.24. The van der Waals surface area contributed by atoms with Crippen molar-refractivity contribution < 1.29 is 13.6 Å². The second-order valence-electron chi connectivity index (χ2n) is 5.69. The van der Waals surface area contributed by atoms with Crippen molar-refractivity contribution in [1.29, 1.82) is 0 Å². The Morgan fingerprint density at radius 3 is 2.68 bits per heavy atom. The van der Waals surface area contributed by atoms with Crippen molar-refractivity contribution >= 4 is 5.91 Å². The number of carbonyl (C=O) groups excluding carboxylic acids is 1. The second kappa shape index (κ2) is 7.75. The van der Waals surface area contributed by atoms with Crippen molar-refractivity contribution in [2.24, 2.45) is 0 Å². The number of rotatable bonds is 6. The van der Waals surface area contributed by atoms with E-state index in [4.69, 9.17) is 4.42 Å². The van der Waals surface area contributed by atoms with Gasteiger partial charge in [-0.1, -0.05) is 25.5 Å². The number of oxazole rings is 1. The zero-order chi connectivity index (χ0) is 17.6. The molecular weight excluding hydrogens is 319 g/mol. The van der Waals surface area contributed by atoms with Crippen molar-refractivity contribution in [3.05, 3.63) is 66.1 Å². The van der Waals surface area contributed by atoms with Crippen LogP contribution in [-0.2, 0) is 0 Å². The van der Waals surface area contributed by atoms with Gasteiger partial charge in [-0.2, -0.15) is 0 Å². The monoisotopic (exact) mass is 338 g/mol. The Labute approximate surface area is 145 Å². The third-order valence-corrected chi connectivity index (χ3v) is 3.85. The van der Waals surface area contributed by atoms with Gasteiger partial charge >= 0.3 is 0 Å². The molecule has 3 rings (SSSR count). The van der Waals surface area contributed by atoms with Crippen LogP contribution in [0, 0.1) is 5.82 Å². The summed E-state index contributed by atoms with van der Waals surface area (Å²) in [6, 6.07) is 13.2. The van der Waals surface area contributed by atoms with Crippen LogP contribution in [0.4, 0.5) is 4.39 Å². The van der Waals surface area contributed by atoms with Gasteiger partial charge in [0.2, 0.25) is 5.89 Å². The standard InChI is InChI=1S/C20H19FN2O2/c1-2-3-12-22-19(24)16-6-4-5-7-17(16)20-23-13-18(25-20)14-8-10-15(21)11-9-14/h4-11,13H,2-3,12H2,1H3,(H,22,24). The smallest absolute Gasteiger partial charge is 0.252 e. The molecule has 25 heavy (non-hydrogen) atoms. The Bertz CT molecular complexity index is 856. The molecule has 1 amide bonds. The molecule has 0 fully saturated rings. The van der Waals surface area contributed by atoms with Crippen molar-refractivity contribution in [2.75, 3.05) is 6.54 Å². The van der Waals surface area contributed by atoms with Crippen LogP contribution in [0.15, 0.2) is 59.1 Å². The lowest BCUT2D eigenvalue weighted by Gasteiger charge is -2.07. The summed E-state index contributed by atoms with van der Waals surface area (Å²) in [5.74, 6) is 0.430. The summed E-state index contributed by atoms with van der Waals surface area (Å²) in [5.41, 5.74) is 1.88. The number of nitrogens with one attached hydrogen (secondary N) is 1. The summed E-state index contributed by atoms with van der Waals surface area (Å²) in [6.07, 6.45) is 3.53. The minimum Gasteiger partial charge on any atom is -0.436 e. The van der Waals surface area contributed by atoms with E-state index in [1.54, 1.807) is 30.5 Å². The summed E-state index contributed by atoms with van der Waals surface area (Å²) in [6.45, 7) is 2.71. The van der Waals surface area contributed by atoms with Crippen LogP contribution in [0.3, 0.4) is 0 Å². The van der Waals surface area contributed by atoms with E-state index in [0.29, 0.717) is 29.3 Å². The molecule has 128 valence electrons. The van der Waals surface area contributed by atoms with E-state index < -0.39 is 0 Å². The Morgan fingerprint density at radius 2 is 1.92 bits per heavy atom. The van der Waals surface area contributed by atoms with Gasteiger partial charge in [0.1, 0.15) is 5.82 Å². The Balaban J connectivity index is 1.87. The topological polar surface area (TPSA) is 55.1 Å². The second-order valence-corrected chi connectivity index (χ2v) is 5.69. The third-order valence-electron chi connectivity index (χ3n) is 3.85. The zero-order valence-corrected chi connectivity index (χ0v) is 14.0. The number of hydrogen-bond acceptors (Lipinski definition) is 3. The predicted molar refractivity (Wildman–Crippen MR) is 94.6 cm³/mol. The van der Waals surface area contributed by atoms with Crippen molar-refractivity contribution in [3.63, 3.8) is 0 Å². The highest BCUT2D eigenvalue weighted by Crippen LogP contribution is 2.28. The fourth-order valence-corrected chi connectivity index (χ4v) is 2.49. The number of aromatic nitrogens is 1. The molecule has 1 N–H and O–H groups in total. The molecule has 1 heterocycles. The average Bonchev–Trinajstić information content (AvgIpc) is 3.12. The first kappa shape index (κ1) is 16.9. The molecule has 3 aromatic rings. The first-order chi connectivity index (χ1) is 12.2. The first-order valence-electron chi connectivity index (χ1n) is 8.28. The number of benzene rings is 2. The van der Waals surface area contributed by atoms with Gasteiger partial charge in [-0.15, -0.1) is 0 Å². The number of unbranched alkanes of at least 4 members (excludes halogenated alkanes) is 1. The molecule has 5 heteroatoms. The normalized spacial score (nSPS) is 10.6. The molecule has 0 atom stereocenters. The molecule has 0 saturated heterocycles. The summed E-state index contributed by atoms with van der Waals surface area (Å²) < 4.78 is 18.8. The molecule has 0 unspecified atom stereocenters. The number of amides is 1. The van der Waals surface area contributed by atoms with Crippen LogP contribution in [-0.4, -0.2) is 17.4 Å². The fourth-order valence-electron chi connectivity index (χ4n) is 2.49. The van der Waals surface area contributed by atoms with Crippen molar-refractivity contribution in [1.82, 2.24) is 10.3 Å². The molecule has 0 bridgehead atoms. The molecule has 0 aliphatic heterocycles. The van der Waals surface area contributed by atoms with Crippen LogP contribution in [0.2, 0.25) is 0 Å². The number of halogens is 1. The van der Waals surface area contributed by atoms with E-state index in [9.17, 15) is 9.18 Å². The van der Waals surface area contributed by atoms with Crippen molar-refractivity contribution in [2.45, 2.75) is 19.8 Å². The highest BCUT2D eigenvalue weighted by molar-refractivity contribution is 6.00. The predicted octanol–water partition coefficient (Wildman–Crippen LogP) is 4.68. The average molecular weight is 338 g/mol. The molecule has 0 radical (unpaired) electrons. The van der Waals surface area contributed by atoms with Gasteiger partial charge in [0, 0.05) is 17.7 Å². The maximum Gasteiger partial charge on any atom is 0.252 e. The van der Waals surface area contributed by atoms with Gasteiger partial charge < -0.3 is 9.73 Å². The van der Waals surface area contributed by atoms with E-state index in [-0.39, 0.29) is 11.7 Å². The first-order valence-corrected chi connectivity index (χ1v) is 8.28. The Kier molecular flexibility index (Phi) is 5.23. The van der Waals surface area contributed by atoms with Crippen LogP contribution in [0.25, 0.3) is 22.8 Å². The molecular formula is C20H19FN2O2. The van der Waals surface area contributed by atoms with Gasteiger partial charge in [0.25, 0.3) is 5.91 Å². The van der Waals surface area contributed by atoms with Crippen LogP contribution >= 0.6 is 0 Å². The molecule has 0 spiro atoms. The maximum atomic E-state index is 13.1. The van der Waals surface area contributed by atoms with Gasteiger partial charge in [-0.05, 0) is 42.8 Å². The van der Waals surface area contributed by atoms with E-state index in [1.165, 1.54) is 12.1 Å². The third kappa shape index (κ3) is 3.94. The van der Waals surface area contributed by atoms with E-state index in [1.807, 2.05) is 12.1 Å². The highest BCUT2D eigenvalue weighted by Gasteiger charge is 2.16. The van der Waals surface area contributed by atoms with Gasteiger partial charge in [-0.3, -0.25) is 4.79 Å². The molecule has 2 aromatic carbocycles. The van der Waals surface area contributed by atoms with Crippen LogP contribution in [0.5, 0.6) is 0 Å². The van der Waals surface area contributed by atoms with Gasteiger partial charge in [0.05, 0.1) is 11.8 Å². The fraction of sp³-hybridized carbons (Fsp3) is 0.200. The molecule has 1 aromatic heterocycles. The van der Waals surface area contributed by atoms with Crippen LogP contribution < -0.4 is 5.32 Å². The van der Waals surface area contributed by atoms with Gasteiger partial charge in [-0.25, -0.2) is 9.37 Å². The molecule has 4 nitrogen and oxygen atoms in total. The maximum absolute atomic E-state index is 13.1. The lowest BCUT2D eigenvalue weighted by atomic mass is 10.1. The minimum atomic E-state index is -0.308. The number of carbonyl (C=O) groups is 1. The van der Waals surface area contributed by atoms with E-state index >= 15 is 0 Å². The Morgan fingerprint density at radius 1 is 1.16 bits per heavy atom. The SMILES string of the molecule is CCCCNC(=O)c1ccccc1-c1ncc(-c2ccc(F)cc2)o1. The van der Waals surface area contributed by atoms with E-state index in [0.717, 1.165) is 18.4 Å². The zero-order valence-electron chi connectivity index (χ0n) is 14.0. The summed E-state index contributed by atoms with van der Waals surface area (Å²) in [4.78, 5) is 16.7. The van der Waals surface area contributed by atoms with Crippen LogP contribution in [0.1, 0.15) is 30.1 Å². The van der Waals surface area contributed by atoms with Crippen molar-refractivity contribution in [3.8, 4) is 22.8 Å². The van der Waals surface area contributed by atoms with E-state index in [2.05, 4.69) is 17.2 Å². The molecule has 0 aliphatic carbocycles. The van der Waals surface area contributed by atoms with Gasteiger partial charge in [0.15, 0.2) is 5.76 Å². The Hall–Kier alpha value is -2.95. The number of hydrogen-bond donors (Lipinski definition) is 1. The summed E-state index contributed by atoms with van der Waals surface area (Å²) in [5, 5.41) is 2.90. The lowest BCUT2D eigenvalue weighted by molar-refractivity contribution is 0.0953. The minimum absolute atomic E-state index is 0.148. The number of nitrogens with zero attached hydrogens (tertiary/aromatic N) is 1. The largest absolute Gasteiger partial charge is 0.436 e. The summed E-state index contributed by atoms with van der Waals surface area (Å²) >= 11 is 0. The highest BCUT2D eigenvalue weighted by atomic mass is 19.1. The molecule has 0 aliphatic rings. The molecule has 0 saturated carbocycles. The summed E-state index contributed by atoms with van der Waals surface area (Å²) in [7, 11) is 0.